The Labute approximate surface area is 272 Å². The molecule has 0 aliphatic carbocycles. The average Bonchev–Trinajstić information content (AvgIpc) is 3.35. The summed E-state index contributed by atoms with van der Waals surface area (Å²) in [7, 11) is 0. The van der Waals surface area contributed by atoms with Crippen LogP contribution < -0.4 is 4.40 Å². The molecule has 4 heterocycles. The first kappa shape index (κ1) is 29.9. The number of hydrogen-bond acceptors (Lipinski definition) is 4. The number of pyridine rings is 3. The summed E-state index contributed by atoms with van der Waals surface area (Å²) in [5.41, 5.74) is 5.62. The normalized spacial score (nSPS) is 12.7. The van der Waals surface area contributed by atoms with Crippen LogP contribution in [0.1, 0.15) is 53.4 Å². The molecule has 1 radical (unpaired) electrons. The standard InChI is InChI=1S/C19H14FN2O.C17H22GeN.Ir/c1-11(2)15-9-17(22-10-16(15)20)14-6-3-5-12-13-7-4-8-21-19(13)23-18(12)14;1-13(2)15-11-17(14-9-7-6-8-10-14)19-12-16(15)18(3,4)5;/h3-5,7-11H,1-2H3;6-9,11-13H,1-5H3;/q2*-1;/i11D;13D;. The Hall–Kier alpha value is -3.19. The minimum absolute atomic E-state index is 0. The molecule has 0 aliphatic heterocycles. The number of nitrogens with zero attached hydrogens (tertiary/aromatic N) is 3. The minimum Gasteiger partial charge on any atom is 0 e. The molecule has 0 N–H and O–H groups in total. The number of fused-ring (bicyclic) bond motifs is 3. The van der Waals surface area contributed by atoms with Gasteiger partial charge in [-0.1, -0.05) is 30.9 Å². The quantitative estimate of drug-likeness (QED) is 0.129. The van der Waals surface area contributed by atoms with Gasteiger partial charge in [-0.2, -0.15) is 0 Å². The van der Waals surface area contributed by atoms with Crippen LogP contribution in [-0.2, 0) is 20.1 Å². The number of halogens is 1. The maximum atomic E-state index is 14.0. The molecular weight excluding hydrogens is 774 g/mol. The fraction of sp³-hybridized carbons (Fsp3) is 0.250. The van der Waals surface area contributed by atoms with Crippen molar-refractivity contribution in [1.29, 1.82) is 0 Å². The van der Waals surface area contributed by atoms with Crippen molar-refractivity contribution in [2.75, 3.05) is 0 Å². The summed E-state index contributed by atoms with van der Waals surface area (Å²) < 4.78 is 37.8. The maximum absolute atomic E-state index is 14.0. The van der Waals surface area contributed by atoms with Crippen molar-refractivity contribution in [2.24, 2.45) is 0 Å². The number of aromatic nitrogens is 3. The topological polar surface area (TPSA) is 51.8 Å². The van der Waals surface area contributed by atoms with Crippen LogP contribution in [0.2, 0.25) is 17.3 Å². The molecule has 6 rings (SSSR count). The molecule has 0 fully saturated rings. The van der Waals surface area contributed by atoms with E-state index in [2.05, 4.69) is 50.4 Å². The van der Waals surface area contributed by atoms with Gasteiger partial charge in [-0.05, 0) is 29.3 Å². The van der Waals surface area contributed by atoms with E-state index in [1.807, 2.05) is 62.5 Å². The van der Waals surface area contributed by atoms with Gasteiger partial charge < -0.3 is 9.40 Å². The molecule has 0 saturated carbocycles. The number of rotatable bonds is 5. The van der Waals surface area contributed by atoms with Crippen molar-refractivity contribution in [3.8, 4) is 22.5 Å². The third-order valence-corrected chi connectivity index (χ3v) is 11.3. The number of hydrogen-bond donors (Lipinski definition) is 0. The molecule has 0 aliphatic rings. The first-order valence-electron chi connectivity index (χ1n) is 15.0. The van der Waals surface area contributed by atoms with Crippen LogP contribution in [0.3, 0.4) is 0 Å². The molecule has 2 aromatic carbocycles. The average molecular weight is 813 g/mol. The molecule has 0 saturated heterocycles. The third-order valence-electron chi connectivity index (χ3n) is 7.10. The molecule has 0 spiro atoms. The van der Waals surface area contributed by atoms with Gasteiger partial charge >= 0.3 is 120 Å². The largest absolute Gasteiger partial charge is 0 e. The van der Waals surface area contributed by atoms with Gasteiger partial charge in [0, 0.05) is 33.1 Å². The Kier molecular flexibility index (Phi) is 9.46. The predicted molar refractivity (Wildman–Crippen MR) is 173 cm³/mol. The second-order valence-electron chi connectivity index (χ2n) is 11.7. The summed E-state index contributed by atoms with van der Waals surface area (Å²) in [5, 5.41) is 1.82. The van der Waals surface area contributed by atoms with Crippen molar-refractivity contribution in [3.05, 3.63) is 108 Å². The fourth-order valence-corrected chi connectivity index (χ4v) is 8.21. The van der Waals surface area contributed by atoms with Crippen LogP contribution in [0.25, 0.3) is 44.6 Å². The molecule has 4 aromatic heterocycles. The zero-order valence-electron chi connectivity index (χ0n) is 27.5. The zero-order valence-corrected chi connectivity index (χ0v) is 30.0. The van der Waals surface area contributed by atoms with E-state index in [4.69, 9.17) is 7.16 Å². The van der Waals surface area contributed by atoms with Gasteiger partial charge in [-0.3, -0.25) is 0 Å². The summed E-state index contributed by atoms with van der Waals surface area (Å²) in [6, 6.07) is 25.4. The van der Waals surface area contributed by atoms with Crippen LogP contribution in [0.5, 0.6) is 0 Å². The van der Waals surface area contributed by atoms with Gasteiger partial charge in [0.2, 0.25) is 5.71 Å². The van der Waals surface area contributed by atoms with E-state index in [0.717, 1.165) is 33.8 Å². The molecular formula is C36H36FGeIrN3O-2. The van der Waals surface area contributed by atoms with Gasteiger partial charge in [0.25, 0.3) is 0 Å². The Morgan fingerprint density at radius 3 is 2.21 bits per heavy atom. The van der Waals surface area contributed by atoms with Gasteiger partial charge in [0.05, 0.1) is 11.8 Å². The first-order valence-corrected chi connectivity index (χ1v) is 21.3. The Morgan fingerprint density at radius 2 is 1.53 bits per heavy atom. The Balaban J connectivity index is 0.000000204. The van der Waals surface area contributed by atoms with Gasteiger partial charge in [-0.25, -0.2) is 9.37 Å². The fourth-order valence-electron chi connectivity index (χ4n) is 4.89. The van der Waals surface area contributed by atoms with Crippen molar-refractivity contribution >= 4 is 39.7 Å². The van der Waals surface area contributed by atoms with E-state index in [1.165, 1.54) is 4.40 Å². The molecule has 0 atom stereocenters. The molecule has 0 amide bonds. The van der Waals surface area contributed by atoms with Gasteiger partial charge in [-0.15, -0.1) is 18.2 Å². The monoisotopic (exact) mass is 814 g/mol. The smallest absolute Gasteiger partial charge is 0 e. The molecule has 6 aromatic rings. The van der Waals surface area contributed by atoms with Crippen molar-refractivity contribution in [1.82, 2.24) is 15.0 Å². The van der Waals surface area contributed by atoms with E-state index < -0.39 is 30.9 Å². The van der Waals surface area contributed by atoms with E-state index in [1.54, 1.807) is 32.2 Å². The summed E-state index contributed by atoms with van der Waals surface area (Å²) >= 11 is -2.03. The van der Waals surface area contributed by atoms with Crippen LogP contribution in [-0.4, -0.2) is 28.2 Å². The molecule has 4 nitrogen and oxygen atoms in total. The van der Waals surface area contributed by atoms with E-state index >= 15 is 0 Å². The van der Waals surface area contributed by atoms with E-state index in [0.29, 0.717) is 22.6 Å². The Bertz CT molecular complexity index is 1940. The number of furan rings is 1. The van der Waals surface area contributed by atoms with Crippen molar-refractivity contribution in [2.45, 2.75) is 56.8 Å². The number of benzene rings is 2. The summed E-state index contributed by atoms with van der Waals surface area (Å²) in [6.45, 7) is 7.20. The van der Waals surface area contributed by atoms with Gasteiger partial charge in [0.1, 0.15) is 5.82 Å². The maximum Gasteiger partial charge on any atom is 0 e. The van der Waals surface area contributed by atoms with Gasteiger partial charge in [0.15, 0.2) is 0 Å². The van der Waals surface area contributed by atoms with Crippen LogP contribution in [0, 0.1) is 17.9 Å². The summed E-state index contributed by atoms with van der Waals surface area (Å²) in [4.78, 5) is 13.0. The Morgan fingerprint density at radius 1 is 0.814 bits per heavy atom. The third kappa shape index (κ3) is 7.14. The molecule has 43 heavy (non-hydrogen) atoms. The second-order valence-corrected chi connectivity index (χ2v) is 22.3. The minimum atomic E-state index is -2.03. The van der Waals surface area contributed by atoms with Crippen molar-refractivity contribution < 1.29 is 31.7 Å². The van der Waals surface area contributed by atoms with E-state index in [9.17, 15) is 4.39 Å². The summed E-state index contributed by atoms with van der Waals surface area (Å²) in [5.74, 6) is 4.89. The van der Waals surface area contributed by atoms with Crippen LogP contribution in [0.15, 0.2) is 83.7 Å². The zero-order chi connectivity index (χ0) is 31.9. The second kappa shape index (κ2) is 13.6. The van der Waals surface area contributed by atoms with Crippen molar-refractivity contribution in [3.63, 3.8) is 0 Å². The first-order chi connectivity index (χ1) is 20.6. The van der Waals surface area contributed by atoms with Crippen LogP contribution >= 0.6 is 0 Å². The van der Waals surface area contributed by atoms with Crippen LogP contribution in [0.4, 0.5) is 4.39 Å². The SMILES string of the molecule is [2H]C(C)(C)c1cc(-c2[c-]ccc3c2oc2ncccc23)ncc1F.[2H]C(C)(C)c1cc(-c2[c-]cccc2)nc[c]1[Ge]([CH3])([CH3])[CH3].[Ir]. The summed E-state index contributed by atoms with van der Waals surface area (Å²) in [6.07, 6.45) is 4.82. The molecule has 0 unspecified atom stereocenters. The van der Waals surface area contributed by atoms with E-state index in [-0.39, 0.29) is 25.7 Å². The molecule has 7 heteroatoms. The molecule has 223 valence electrons. The molecule has 0 bridgehead atoms. The predicted octanol–water partition coefficient (Wildman–Crippen LogP) is 9.32.